The first kappa shape index (κ1) is 15.3. The summed E-state index contributed by atoms with van der Waals surface area (Å²) >= 11 is 0. The van der Waals surface area contributed by atoms with Crippen LogP contribution in [0.5, 0.6) is 5.75 Å². The van der Waals surface area contributed by atoms with Gasteiger partial charge >= 0.3 is 0 Å². The van der Waals surface area contributed by atoms with Gasteiger partial charge in [0, 0.05) is 11.2 Å². The number of rotatable bonds is 2. The third-order valence-corrected chi connectivity index (χ3v) is 3.80. The van der Waals surface area contributed by atoms with E-state index in [1.165, 1.54) is 0 Å². The van der Waals surface area contributed by atoms with Gasteiger partial charge in [-0.2, -0.15) is 0 Å². The first-order valence-corrected chi connectivity index (χ1v) is 8.32. The number of hydrogen-bond acceptors (Lipinski definition) is 2. The molecule has 0 aliphatic carbocycles. The molecule has 19 heavy (non-hydrogen) atoms. The Labute approximate surface area is 115 Å². The van der Waals surface area contributed by atoms with Crippen LogP contribution in [0.3, 0.4) is 0 Å². The predicted octanol–water partition coefficient (Wildman–Crippen LogP) is 3.79. The van der Waals surface area contributed by atoms with Gasteiger partial charge in [-0.25, -0.2) is 0 Å². The summed E-state index contributed by atoms with van der Waals surface area (Å²) in [6, 6.07) is 14.4. The Morgan fingerprint density at radius 2 is 1.58 bits per heavy atom. The standard InChI is InChI=1S/C14H14O2S.C2H6/c1-17(2,16)14-8-6-11(7-9-14)12-4-3-5-13(15)10-12;1-2/h3-10,15H,1H2,2H3;1-2H3. The van der Waals surface area contributed by atoms with Crippen LogP contribution in [0.4, 0.5) is 0 Å². The van der Waals surface area contributed by atoms with Gasteiger partial charge in [-0.3, -0.25) is 4.21 Å². The van der Waals surface area contributed by atoms with E-state index in [1.54, 1.807) is 24.5 Å². The van der Waals surface area contributed by atoms with Gasteiger partial charge in [-0.1, -0.05) is 38.1 Å². The van der Waals surface area contributed by atoms with E-state index in [0.29, 0.717) is 0 Å². The lowest BCUT2D eigenvalue weighted by Gasteiger charge is -2.05. The van der Waals surface area contributed by atoms with Crippen molar-refractivity contribution < 1.29 is 9.32 Å². The molecule has 0 saturated heterocycles. The Kier molecular flexibility index (Phi) is 5.19. The quantitative estimate of drug-likeness (QED) is 0.847. The van der Waals surface area contributed by atoms with E-state index in [0.717, 1.165) is 16.0 Å². The van der Waals surface area contributed by atoms with Crippen LogP contribution in [0.25, 0.3) is 11.1 Å². The maximum atomic E-state index is 11.7. The molecule has 0 aromatic heterocycles. The van der Waals surface area contributed by atoms with E-state index < -0.39 is 9.52 Å². The minimum atomic E-state index is -2.16. The zero-order valence-corrected chi connectivity index (χ0v) is 12.4. The van der Waals surface area contributed by atoms with Crippen molar-refractivity contribution in [2.45, 2.75) is 18.7 Å². The Balaban J connectivity index is 0.000000861. The topological polar surface area (TPSA) is 37.3 Å². The molecule has 0 spiro atoms. The molecule has 2 nitrogen and oxygen atoms in total. The van der Waals surface area contributed by atoms with Crippen LogP contribution in [-0.4, -0.2) is 21.4 Å². The third kappa shape index (κ3) is 4.14. The number of hydrogen-bond donors (Lipinski definition) is 1. The summed E-state index contributed by atoms with van der Waals surface area (Å²) in [4.78, 5) is 0.737. The Bertz CT molecular complexity index is 626. The van der Waals surface area contributed by atoms with Gasteiger partial charge in [0.25, 0.3) is 0 Å². The fourth-order valence-corrected chi connectivity index (χ4v) is 2.33. The third-order valence-electron chi connectivity index (χ3n) is 2.53. The van der Waals surface area contributed by atoms with Crippen LogP contribution < -0.4 is 0 Å². The van der Waals surface area contributed by atoms with Gasteiger partial charge < -0.3 is 5.11 Å². The largest absolute Gasteiger partial charge is 0.508 e. The Hall–Kier alpha value is -1.74. The summed E-state index contributed by atoms with van der Waals surface area (Å²) < 4.78 is 11.7. The van der Waals surface area contributed by atoms with E-state index >= 15 is 0 Å². The average Bonchev–Trinajstić information content (AvgIpc) is 2.40. The zero-order valence-electron chi connectivity index (χ0n) is 11.6. The molecule has 2 rings (SSSR count). The number of aromatic hydroxyl groups is 1. The fourth-order valence-electron chi connectivity index (χ4n) is 1.62. The molecule has 0 fully saturated rings. The second-order valence-corrected chi connectivity index (χ2v) is 6.56. The molecule has 1 unspecified atom stereocenters. The molecule has 0 radical (unpaired) electrons. The van der Waals surface area contributed by atoms with Crippen molar-refractivity contribution in [1.29, 1.82) is 0 Å². The number of phenols is 1. The molecule has 0 bridgehead atoms. The van der Waals surface area contributed by atoms with Crippen LogP contribution in [0.1, 0.15) is 13.8 Å². The van der Waals surface area contributed by atoms with Gasteiger partial charge in [-0.05, 0) is 50.8 Å². The van der Waals surface area contributed by atoms with Crippen molar-refractivity contribution in [3.05, 3.63) is 48.5 Å². The Morgan fingerprint density at radius 3 is 2.05 bits per heavy atom. The molecule has 0 aliphatic heterocycles. The summed E-state index contributed by atoms with van der Waals surface area (Å²) in [6.07, 6.45) is 1.62. The zero-order chi connectivity index (χ0) is 14.5. The van der Waals surface area contributed by atoms with Crippen LogP contribution >= 0.6 is 0 Å². The second kappa shape index (κ2) is 6.43. The van der Waals surface area contributed by atoms with Crippen LogP contribution in [0.2, 0.25) is 0 Å². The van der Waals surface area contributed by atoms with Gasteiger partial charge in [0.1, 0.15) is 5.75 Å². The fraction of sp³-hybridized carbons (Fsp3) is 0.188. The minimum Gasteiger partial charge on any atom is -0.508 e. The molecular formula is C16H20O2S. The summed E-state index contributed by atoms with van der Waals surface area (Å²) in [5.74, 6) is 3.88. The average molecular weight is 276 g/mol. The monoisotopic (exact) mass is 276 g/mol. The Morgan fingerprint density at radius 1 is 1.00 bits per heavy atom. The molecule has 2 aromatic rings. The molecule has 2 aromatic carbocycles. The lowest BCUT2D eigenvalue weighted by molar-refractivity contribution is 0.475. The highest BCUT2D eigenvalue weighted by molar-refractivity contribution is 7.99. The van der Waals surface area contributed by atoms with E-state index in [9.17, 15) is 9.32 Å². The summed E-state index contributed by atoms with van der Waals surface area (Å²) in [6.45, 7) is 4.00. The smallest absolute Gasteiger partial charge is 0.116 e. The highest BCUT2D eigenvalue weighted by Gasteiger charge is 2.02. The maximum Gasteiger partial charge on any atom is 0.116 e. The SMILES string of the molecule is C=S(C)(=O)c1ccc(-c2cccc(O)c2)cc1.CC. The van der Waals surface area contributed by atoms with Crippen LogP contribution in [0.15, 0.2) is 53.4 Å². The lowest BCUT2D eigenvalue weighted by Crippen LogP contribution is -1.95. The first-order chi connectivity index (χ1) is 8.97. The summed E-state index contributed by atoms with van der Waals surface area (Å²) in [5.41, 5.74) is 1.91. The lowest BCUT2D eigenvalue weighted by atomic mass is 10.1. The number of phenolic OH excluding ortho intramolecular Hbond substituents is 1. The van der Waals surface area contributed by atoms with Gasteiger partial charge in [0.05, 0.1) is 0 Å². The van der Waals surface area contributed by atoms with Crippen molar-refractivity contribution in [2.75, 3.05) is 6.26 Å². The van der Waals surface area contributed by atoms with Crippen molar-refractivity contribution >= 4 is 15.4 Å². The predicted molar refractivity (Wildman–Crippen MR) is 84.3 cm³/mol. The van der Waals surface area contributed by atoms with Gasteiger partial charge in [0.2, 0.25) is 0 Å². The van der Waals surface area contributed by atoms with E-state index in [4.69, 9.17) is 0 Å². The molecular weight excluding hydrogens is 256 g/mol. The van der Waals surface area contributed by atoms with Crippen LogP contribution in [0, 0.1) is 0 Å². The van der Waals surface area contributed by atoms with Gasteiger partial charge in [0.15, 0.2) is 0 Å². The molecule has 0 saturated carbocycles. The van der Waals surface area contributed by atoms with Crippen molar-refractivity contribution in [1.82, 2.24) is 0 Å². The van der Waals surface area contributed by atoms with E-state index in [-0.39, 0.29) is 5.75 Å². The summed E-state index contributed by atoms with van der Waals surface area (Å²) in [5, 5.41) is 9.40. The number of benzene rings is 2. The molecule has 0 aliphatic rings. The highest BCUT2D eigenvalue weighted by atomic mass is 32.2. The summed E-state index contributed by atoms with van der Waals surface area (Å²) in [7, 11) is -2.16. The second-order valence-electron chi connectivity index (χ2n) is 4.08. The van der Waals surface area contributed by atoms with Crippen molar-refractivity contribution in [3.8, 4) is 16.9 Å². The molecule has 1 N–H and O–H groups in total. The van der Waals surface area contributed by atoms with Crippen molar-refractivity contribution in [2.24, 2.45) is 0 Å². The normalized spacial score (nSPS) is 13.0. The van der Waals surface area contributed by atoms with Crippen LogP contribution in [-0.2, 0) is 9.52 Å². The molecule has 0 amide bonds. The van der Waals surface area contributed by atoms with Gasteiger partial charge in [-0.15, -0.1) is 0 Å². The molecule has 102 valence electrons. The van der Waals surface area contributed by atoms with E-state index in [2.05, 4.69) is 5.87 Å². The van der Waals surface area contributed by atoms with Crippen molar-refractivity contribution in [3.63, 3.8) is 0 Å². The minimum absolute atomic E-state index is 0.239. The molecule has 0 heterocycles. The molecule has 3 heteroatoms. The highest BCUT2D eigenvalue weighted by Crippen LogP contribution is 2.24. The molecule has 1 atom stereocenters. The first-order valence-electron chi connectivity index (χ1n) is 6.18. The maximum absolute atomic E-state index is 11.7. The van der Waals surface area contributed by atoms with E-state index in [1.807, 2.05) is 44.2 Å².